The summed E-state index contributed by atoms with van der Waals surface area (Å²) in [5, 5.41) is 1.58. The van der Waals surface area contributed by atoms with Gasteiger partial charge in [0.15, 0.2) is 0 Å². The van der Waals surface area contributed by atoms with E-state index in [-0.39, 0.29) is 69.6 Å². The largest absolute Gasteiger partial charge is 0.463 e. The van der Waals surface area contributed by atoms with Gasteiger partial charge in [-0.3, -0.25) is 42.5 Å². The number of rotatable bonds is 18. The average Bonchev–Trinajstić information content (AvgIpc) is 3.35. The maximum atomic E-state index is 13.5. The van der Waals surface area contributed by atoms with E-state index in [1.165, 1.54) is 58.4 Å². The second kappa shape index (κ2) is 30.4. The summed E-state index contributed by atoms with van der Waals surface area (Å²) in [6.45, 7) is 9.18. The van der Waals surface area contributed by atoms with Crippen molar-refractivity contribution < 1.29 is 117 Å². The Labute approximate surface area is 491 Å². The molecular weight excluding hydrogens is 1200 g/mol. The highest BCUT2D eigenvalue weighted by Crippen LogP contribution is 2.37. The number of hydrogen-bond acceptors (Lipinski definition) is 27. The first-order chi connectivity index (χ1) is 41.2. The molecule has 0 amide bonds. The van der Waals surface area contributed by atoms with Gasteiger partial charge in [-0.25, -0.2) is 24.0 Å². The number of nitrogen functional groups attached to an aromatic ring is 1. The number of nitrogens with two attached hydrogens (primary N) is 1. The van der Waals surface area contributed by atoms with Crippen molar-refractivity contribution in [1.82, 2.24) is 33.6 Å². The number of allylic oxidation sites excluding steroid dienone is 1. The molecule has 3 saturated heterocycles. The Morgan fingerprint density at radius 1 is 0.614 bits per heavy atom. The molecule has 4 aromatic rings. The maximum absolute atomic E-state index is 13.5. The van der Waals surface area contributed by atoms with E-state index >= 15 is 0 Å². The van der Waals surface area contributed by atoms with Gasteiger partial charge in [0.2, 0.25) is 0 Å². The van der Waals surface area contributed by atoms with E-state index < -0.39 is 161 Å². The summed E-state index contributed by atoms with van der Waals surface area (Å²) in [5.41, 5.74) is -1.25. The van der Waals surface area contributed by atoms with E-state index in [0.717, 1.165) is 41.4 Å². The van der Waals surface area contributed by atoms with Gasteiger partial charge in [0.05, 0.1) is 24.7 Å². The van der Waals surface area contributed by atoms with Crippen molar-refractivity contribution >= 4 is 70.4 Å². The zero-order valence-electron chi connectivity index (χ0n) is 47.8. The summed E-state index contributed by atoms with van der Waals surface area (Å²) >= 11 is 0. The molecule has 0 aromatic carbocycles. The normalized spacial score (nSPS) is 21.5. The summed E-state index contributed by atoms with van der Waals surface area (Å²) in [4.78, 5) is 140. The van der Waals surface area contributed by atoms with Crippen LogP contribution in [-0.4, -0.2) is 157 Å². The van der Waals surface area contributed by atoms with Crippen LogP contribution in [0.3, 0.4) is 0 Å². The summed E-state index contributed by atoms with van der Waals surface area (Å²) in [5.74, 6) is -6.27. The van der Waals surface area contributed by atoms with Gasteiger partial charge in [-0.05, 0) is 26.0 Å². The SMILES string of the molecule is CC(=O)OCC1OC(n2ccc(N)nc2=O)CC1OC(C)=O.CCOC(=O)/C=C(/Nc1ccn(C2CC(OC(C)=O)C(COC(C)=O)O2)c(=O)n1)C(F)(F)F.CCOC(=O)c1c(C(F)(F)F)[nH]c2nc(=O)n(C3CC(OC(C)=O)C(COC(C)=O)O3)cc12. The molecule has 0 radical (unpaired) electrons. The van der Waals surface area contributed by atoms with Crippen molar-refractivity contribution in [1.29, 1.82) is 0 Å². The van der Waals surface area contributed by atoms with Crippen molar-refractivity contribution in [2.45, 2.75) is 142 Å². The zero-order chi connectivity index (χ0) is 65.5. The number of nitrogens with zero attached hydrogens (tertiary/aromatic N) is 6. The third-order valence-electron chi connectivity index (χ3n) is 12.1. The number of hydrogen-bond donors (Lipinski definition) is 3. The molecule has 482 valence electrons. The molecular formula is C51H59F6N9O22. The van der Waals surface area contributed by atoms with Crippen LogP contribution in [-0.2, 0) is 91.8 Å². The number of carbonyl (C=O) groups is 8. The van der Waals surface area contributed by atoms with Crippen LogP contribution < -0.4 is 28.1 Å². The van der Waals surface area contributed by atoms with Gasteiger partial charge in [0.25, 0.3) is 0 Å². The molecule has 9 atom stereocenters. The number of halogens is 6. The van der Waals surface area contributed by atoms with Gasteiger partial charge < -0.3 is 68.1 Å². The lowest BCUT2D eigenvalue weighted by Crippen LogP contribution is -2.31. The van der Waals surface area contributed by atoms with Crippen LogP contribution in [0.1, 0.15) is 109 Å². The molecule has 3 aliphatic heterocycles. The molecule has 0 saturated carbocycles. The predicted molar refractivity (Wildman–Crippen MR) is 279 cm³/mol. The van der Waals surface area contributed by atoms with Crippen molar-refractivity contribution in [3.63, 3.8) is 0 Å². The van der Waals surface area contributed by atoms with Crippen LogP contribution in [0.25, 0.3) is 11.0 Å². The quantitative estimate of drug-likeness (QED) is 0.0558. The lowest BCUT2D eigenvalue weighted by Gasteiger charge is -2.18. The monoisotopic (exact) mass is 1260 g/mol. The Bertz CT molecular complexity index is 3440. The molecule has 4 N–H and O–H groups in total. The number of alkyl halides is 6. The second-order valence-corrected chi connectivity index (χ2v) is 18.7. The lowest BCUT2D eigenvalue weighted by atomic mass is 10.1. The average molecular weight is 1260 g/mol. The van der Waals surface area contributed by atoms with Gasteiger partial charge in [-0.15, -0.1) is 0 Å². The van der Waals surface area contributed by atoms with E-state index in [9.17, 15) is 79.1 Å². The molecule has 0 bridgehead atoms. The molecule has 31 nitrogen and oxygen atoms in total. The number of anilines is 2. The number of fused-ring (bicyclic) bond motifs is 1. The van der Waals surface area contributed by atoms with Crippen LogP contribution >= 0.6 is 0 Å². The Kier molecular flexibility index (Phi) is 24.0. The Morgan fingerprint density at radius 2 is 1.03 bits per heavy atom. The summed E-state index contributed by atoms with van der Waals surface area (Å²) in [6, 6.07) is 2.53. The van der Waals surface area contributed by atoms with Crippen molar-refractivity contribution in [2.75, 3.05) is 44.1 Å². The molecule has 3 aliphatic rings. The first-order valence-corrected chi connectivity index (χ1v) is 26.1. The van der Waals surface area contributed by atoms with Crippen LogP contribution in [0.4, 0.5) is 38.0 Å². The van der Waals surface area contributed by atoms with E-state index in [4.69, 9.17) is 53.1 Å². The van der Waals surface area contributed by atoms with E-state index in [0.29, 0.717) is 0 Å². The fourth-order valence-corrected chi connectivity index (χ4v) is 8.55. The number of ether oxygens (including phenoxy) is 11. The molecule has 88 heavy (non-hydrogen) atoms. The highest BCUT2D eigenvalue weighted by atomic mass is 19.4. The summed E-state index contributed by atoms with van der Waals surface area (Å²) in [6.07, 6.45) is -13.5. The minimum atomic E-state index is -4.95. The zero-order valence-corrected chi connectivity index (χ0v) is 47.8. The van der Waals surface area contributed by atoms with Crippen LogP contribution in [0.5, 0.6) is 0 Å². The van der Waals surface area contributed by atoms with Gasteiger partial charge in [0, 0.05) is 79.4 Å². The third-order valence-corrected chi connectivity index (χ3v) is 12.1. The van der Waals surface area contributed by atoms with Crippen molar-refractivity contribution in [3.8, 4) is 0 Å². The van der Waals surface area contributed by atoms with Gasteiger partial charge >= 0.3 is 77.2 Å². The Morgan fingerprint density at radius 3 is 1.42 bits per heavy atom. The first-order valence-electron chi connectivity index (χ1n) is 26.1. The number of nitrogens with one attached hydrogen (secondary N) is 2. The molecule has 0 aliphatic carbocycles. The molecule has 0 spiro atoms. The minimum absolute atomic E-state index is 0.0104. The molecule has 9 unspecified atom stereocenters. The van der Waals surface area contributed by atoms with Crippen LogP contribution in [0.15, 0.2) is 56.9 Å². The Hall–Kier alpha value is -9.26. The van der Waals surface area contributed by atoms with Gasteiger partial charge in [0.1, 0.15) is 109 Å². The maximum Gasteiger partial charge on any atom is 0.432 e. The topological polar surface area (TPSA) is 397 Å². The molecule has 7 heterocycles. The Balaban J connectivity index is 0.000000246. The van der Waals surface area contributed by atoms with E-state index in [2.05, 4.69) is 19.7 Å². The third kappa shape index (κ3) is 19.6. The fraction of sp³-hybridized carbons (Fsp3) is 0.529. The molecule has 3 fully saturated rings. The highest BCUT2D eigenvalue weighted by Gasteiger charge is 2.44. The predicted octanol–water partition coefficient (Wildman–Crippen LogP) is 2.76. The lowest BCUT2D eigenvalue weighted by molar-refractivity contribution is -0.157. The summed E-state index contributed by atoms with van der Waals surface area (Å²) < 4.78 is 140. The standard InChI is InChI=1S/C19H20F3N3O8.C19H22F3N3O8.C13H17N3O6/c1-4-30-17(28)14-10-6-25(18(29)24-16(10)23-15(14)19(20,21)22)13-5-11(32-9(3)27)12(33-13)7-31-8(2)26;1-4-30-17(28)8-14(19(20,21)22)23-15-5-6-25(18(29)24-15)16-7-12(32-11(3)27)13(33-16)9-31-10(2)26;1-7(17)20-6-10-9(21-8(2)18)5-12(22-10)16-4-3-11(14)15-13(16)19/h6,11-13H,4-5,7H2,1-3H3,(H,23,24,29);5-6,8,12-13,16H,4,7,9H2,1-3H3,(H,23,24,29);3-4,9-10,12H,5-6H2,1-2H3,(H2,14,15,19)/b;14-8+;. The second-order valence-electron chi connectivity index (χ2n) is 18.7. The van der Waals surface area contributed by atoms with Crippen molar-refractivity contribution in [2.24, 2.45) is 0 Å². The number of aromatic amines is 1. The van der Waals surface area contributed by atoms with Crippen LogP contribution in [0, 0.1) is 0 Å². The number of carbonyl (C=O) groups excluding carboxylic acids is 8. The molecule has 4 aromatic heterocycles. The van der Waals surface area contributed by atoms with E-state index in [1.54, 1.807) is 0 Å². The highest BCUT2D eigenvalue weighted by molar-refractivity contribution is 6.04. The van der Waals surface area contributed by atoms with Crippen molar-refractivity contribution in [3.05, 3.63) is 85.2 Å². The number of esters is 8. The molecule has 7 rings (SSSR count). The van der Waals surface area contributed by atoms with E-state index in [1.807, 2.05) is 10.3 Å². The van der Waals surface area contributed by atoms with Gasteiger partial charge in [-0.1, -0.05) is 0 Å². The van der Waals surface area contributed by atoms with Crippen LogP contribution in [0.2, 0.25) is 0 Å². The fourth-order valence-electron chi connectivity index (χ4n) is 8.55. The molecule has 37 heteroatoms. The first kappa shape index (κ1) is 69.5. The van der Waals surface area contributed by atoms with Gasteiger partial charge in [-0.2, -0.15) is 41.3 Å². The minimum Gasteiger partial charge on any atom is -0.463 e. The smallest absolute Gasteiger partial charge is 0.432 e. The summed E-state index contributed by atoms with van der Waals surface area (Å²) in [7, 11) is 0. The number of aromatic nitrogens is 7. The number of H-pyrrole nitrogens is 1.